The van der Waals surface area contributed by atoms with Crippen molar-refractivity contribution in [3.05, 3.63) is 24.3 Å². The van der Waals surface area contributed by atoms with Gasteiger partial charge in [0.15, 0.2) is 6.04 Å². The fraction of sp³-hybridized carbons (Fsp3) is 0.474. The number of rotatable bonds is 4. The van der Waals surface area contributed by atoms with Gasteiger partial charge in [-0.05, 0) is 31.2 Å². The number of benzene rings is 1. The van der Waals surface area contributed by atoms with Crippen LogP contribution >= 0.6 is 0 Å². The number of hydrogen-bond donors (Lipinski definition) is 2. The molecule has 0 unspecified atom stereocenters. The van der Waals surface area contributed by atoms with E-state index in [0.717, 1.165) is 4.90 Å². The van der Waals surface area contributed by atoms with E-state index in [9.17, 15) is 19.2 Å². The molecule has 150 valence electrons. The molecule has 2 aliphatic heterocycles. The first-order valence-corrected chi connectivity index (χ1v) is 9.41. The number of ether oxygens (including phenoxy) is 1. The number of imide groups is 1. The van der Waals surface area contributed by atoms with Crippen molar-refractivity contribution in [1.29, 1.82) is 0 Å². The molecule has 0 aliphatic carbocycles. The second-order valence-corrected chi connectivity index (χ2v) is 6.90. The Hall–Kier alpha value is -2.94. The van der Waals surface area contributed by atoms with Gasteiger partial charge in [0, 0.05) is 12.6 Å². The highest BCUT2D eigenvalue weighted by Gasteiger charge is 2.46. The van der Waals surface area contributed by atoms with Crippen LogP contribution in [0.2, 0.25) is 0 Å². The van der Waals surface area contributed by atoms with Crippen LogP contribution in [0.15, 0.2) is 24.3 Å². The Kier molecular flexibility index (Phi) is 5.93. The van der Waals surface area contributed by atoms with Crippen molar-refractivity contribution < 1.29 is 28.8 Å². The van der Waals surface area contributed by atoms with Gasteiger partial charge in [0.25, 0.3) is 5.91 Å². The summed E-state index contributed by atoms with van der Waals surface area (Å²) >= 11 is 0. The van der Waals surface area contributed by atoms with E-state index in [1.165, 1.54) is 11.8 Å². The van der Waals surface area contributed by atoms with Gasteiger partial charge in [0.1, 0.15) is 0 Å². The third kappa shape index (κ3) is 4.14. The van der Waals surface area contributed by atoms with E-state index < -0.39 is 6.04 Å². The summed E-state index contributed by atoms with van der Waals surface area (Å²) in [4.78, 5) is 52.2. The standard InChI is InChI=1S/C19H24N4O5/c1-3-28-19(27)22-10-8-21(9-11-22)16-12-17(25)23(18(16)26)15-6-4-14(5-7-15)20-13(2)24/h4-7,16H,3,8-12H2,1-2H3,(H,20,24)/p+1/t16-/m1/s1. The predicted octanol–water partition coefficient (Wildman–Crippen LogP) is -0.366. The van der Waals surface area contributed by atoms with Crippen LogP contribution in [0.3, 0.4) is 0 Å². The van der Waals surface area contributed by atoms with Crippen LogP contribution in [0.1, 0.15) is 20.3 Å². The van der Waals surface area contributed by atoms with Crippen molar-refractivity contribution in [3.63, 3.8) is 0 Å². The predicted molar refractivity (Wildman–Crippen MR) is 101 cm³/mol. The minimum absolute atomic E-state index is 0.154. The van der Waals surface area contributed by atoms with E-state index in [0.29, 0.717) is 44.2 Å². The lowest BCUT2D eigenvalue weighted by Gasteiger charge is -2.33. The second-order valence-electron chi connectivity index (χ2n) is 6.90. The van der Waals surface area contributed by atoms with Gasteiger partial charge in [-0.2, -0.15) is 0 Å². The number of carbonyl (C=O) groups excluding carboxylic acids is 4. The van der Waals surface area contributed by atoms with Gasteiger partial charge in [-0.1, -0.05) is 0 Å². The third-order valence-corrected chi connectivity index (χ3v) is 5.02. The molecular formula is C19H25N4O5+. The summed E-state index contributed by atoms with van der Waals surface area (Å²) in [6.07, 6.45) is -0.183. The molecule has 9 nitrogen and oxygen atoms in total. The van der Waals surface area contributed by atoms with Crippen molar-refractivity contribution in [1.82, 2.24) is 4.90 Å². The molecule has 1 aromatic carbocycles. The molecule has 28 heavy (non-hydrogen) atoms. The molecule has 2 fully saturated rings. The van der Waals surface area contributed by atoms with Crippen LogP contribution in [0.4, 0.5) is 16.2 Å². The summed E-state index contributed by atoms with van der Waals surface area (Å²) < 4.78 is 5.01. The number of quaternary nitrogens is 1. The zero-order valence-electron chi connectivity index (χ0n) is 16.1. The van der Waals surface area contributed by atoms with E-state index in [-0.39, 0.29) is 30.2 Å². The molecule has 1 atom stereocenters. The number of hydrogen-bond acceptors (Lipinski definition) is 5. The van der Waals surface area contributed by atoms with Gasteiger partial charge in [-0.25, -0.2) is 9.69 Å². The number of anilines is 2. The fourth-order valence-electron chi connectivity index (χ4n) is 3.66. The molecule has 0 bridgehead atoms. The third-order valence-electron chi connectivity index (χ3n) is 5.02. The number of carbonyl (C=O) groups is 4. The highest BCUT2D eigenvalue weighted by molar-refractivity contribution is 6.21. The first-order valence-electron chi connectivity index (χ1n) is 9.41. The first kappa shape index (κ1) is 19.8. The molecule has 2 N–H and O–H groups in total. The summed E-state index contributed by atoms with van der Waals surface area (Å²) in [5.74, 6) is -0.647. The number of piperazine rings is 1. The SMILES string of the molecule is CCOC(=O)N1CC[NH+]([C@@H]2CC(=O)N(c3ccc(NC(C)=O)cc3)C2=O)CC1. The molecule has 4 amide bonds. The molecular weight excluding hydrogens is 364 g/mol. The van der Waals surface area contributed by atoms with Crippen molar-refractivity contribution in [2.75, 3.05) is 43.0 Å². The Bertz CT molecular complexity index is 771. The van der Waals surface area contributed by atoms with E-state index in [1.807, 2.05) is 0 Å². The maximum absolute atomic E-state index is 12.9. The van der Waals surface area contributed by atoms with E-state index in [4.69, 9.17) is 4.74 Å². The van der Waals surface area contributed by atoms with Gasteiger partial charge in [-0.15, -0.1) is 0 Å². The summed E-state index contributed by atoms with van der Waals surface area (Å²) in [5.41, 5.74) is 1.10. The highest BCUT2D eigenvalue weighted by atomic mass is 16.6. The maximum Gasteiger partial charge on any atom is 0.410 e. The molecule has 0 radical (unpaired) electrons. The van der Waals surface area contributed by atoms with Gasteiger partial charge < -0.3 is 15.0 Å². The van der Waals surface area contributed by atoms with Crippen LogP contribution in [0.5, 0.6) is 0 Å². The lowest BCUT2D eigenvalue weighted by molar-refractivity contribution is -0.918. The van der Waals surface area contributed by atoms with E-state index in [2.05, 4.69) is 5.32 Å². The normalized spacial score (nSPS) is 20.4. The Balaban J connectivity index is 1.64. The topological polar surface area (TPSA) is 100 Å². The van der Waals surface area contributed by atoms with Crippen molar-refractivity contribution in [2.24, 2.45) is 0 Å². The Morgan fingerprint density at radius 3 is 2.39 bits per heavy atom. The monoisotopic (exact) mass is 389 g/mol. The van der Waals surface area contributed by atoms with Gasteiger partial charge >= 0.3 is 6.09 Å². The largest absolute Gasteiger partial charge is 0.450 e. The Labute approximate surface area is 163 Å². The number of nitrogens with one attached hydrogen (secondary N) is 2. The quantitative estimate of drug-likeness (QED) is 0.685. The lowest BCUT2D eigenvalue weighted by atomic mass is 10.2. The molecule has 2 saturated heterocycles. The minimum Gasteiger partial charge on any atom is -0.450 e. The summed E-state index contributed by atoms with van der Waals surface area (Å²) in [7, 11) is 0. The van der Waals surface area contributed by atoms with Gasteiger partial charge in [0.05, 0.1) is 44.9 Å². The van der Waals surface area contributed by atoms with E-state index in [1.54, 1.807) is 36.1 Å². The first-order chi connectivity index (χ1) is 13.4. The van der Waals surface area contributed by atoms with Gasteiger partial charge in [0.2, 0.25) is 11.8 Å². The number of nitrogens with zero attached hydrogens (tertiary/aromatic N) is 2. The van der Waals surface area contributed by atoms with Crippen molar-refractivity contribution >= 4 is 35.2 Å². The van der Waals surface area contributed by atoms with E-state index >= 15 is 0 Å². The smallest absolute Gasteiger partial charge is 0.410 e. The average molecular weight is 389 g/mol. The van der Waals surface area contributed by atoms with Crippen LogP contribution in [-0.4, -0.2) is 67.5 Å². The van der Waals surface area contributed by atoms with Crippen LogP contribution in [-0.2, 0) is 19.1 Å². The van der Waals surface area contributed by atoms with Crippen molar-refractivity contribution in [3.8, 4) is 0 Å². The molecule has 0 spiro atoms. The second kappa shape index (κ2) is 8.39. The molecule has 0 saturated carbocycles. The molecule has 9 heteroatoms. The molecule has 1 aromatic rings. The van der Waals surface area contributed by atoms with Crippen LogP contribution < -0.4 is 15.1 Å². The minimum atomic E-state index is -0.438. The average Bonchev–Trinajstić information content (AvgIpc) is 2.97. The fourth-order valence-corrected chi connectivity index (χ4v) is 3.66. The van der Waals surface area contributed by atoms with Crippen molar-refractivity contribution in [2.45, 2.75) is 26.3 Å². The molecule has 2 heterocycles. The zero-order chi connectivity index (χ0) is 20.3. The molecule has 3 rings (SSSR count). The lowest BCUT2D eigenvalue weighted by Crippen LogP contribution is -3.19. The Morgan fingerprint density at radius 2 is 1.82 bits per heavy atom. The Morgan fingerprint density at radius 1 is 1.18 bits per heavy atom. The molecule has 2 aliphatic rings. The summed E-state index contributed by atoms with van der Waals surface area (Å²) in [6, 6.07) is 6.19. The number of amides is 4. The molecule has 0 aromatic heterocycles. The van der Waals surface area contributed by atoms with Crippen LogP contribution in [0, 0.1) is 0 Å². The summed E-state index contributed by atoms with van der Waals surface area (Å²) in [5, 5.41) is 2.65. The maximum atomic E-state index is 12.9. The zero-order valence-corrected chi connectivity index (χ0v) is 16.1. The van der Waals surface area contributed by atoms with Gasteiger partial charge in [-0.3, -0.25) is 19.3 Å². The summed E-state index contributed by atoms with van der Waals surface area (Å²) in [6.45, 7) is 5.69. The highest BCUT2D eigenvalue weighted by Crippen LogP contribution is 2.24. The van der Waals surface area contributed by atoms with Crippen LogP contribution in [0.25, 0.3) is 0 Å².